The van der Waals surface area contributed by atoms with Crippen molar-refractivity contribution in [3.63, 3.8) is 0 Å². The van der Waals surface area contributed by atoms with Gasteiger partial charge in [-0.05, 0) is 30.8 Å². The van der Waals surface area contributed by atoms with Gasteiger partial charge in [-0.25, -0.2) is 0 Å². The van der Waals surface area contributed by atoms with Crippen LogP contribution in [0.4, 0.5) is 0 Å². The molecule has 0 aromatic heterocycles. The highest BCUT2D eigenvalue weighted by Crippen LogP contribution is 2.28. The highest BCUT2D eigenvalue weighted by Gasteiger charge is 2.17. The summed E-state index contributed by atoms with van der Waals surface area (Å²) in [5.41, 5.74) is 0. The van der Waals surface area contributed by atoms with E-state index in [0.29, 0.717) is 4.58 Å². The molecule has 0 aliphatic rings. The maximum Gasteiger partial charge on any atom is 0.0784 e. The summed E-state index contributed by atoms with van der Waals surface area (Å²) >= 11 is 3.72. The van der Waals surface area contributed by atoms with Crippen LogP contribution >= 0.6 is 23.5 Å². The molecule has 0 fully saturated rings. The van der Waals surface area contributed by atoms with Gasteiger partial charge < -0.3 is 5.11 Å². The number of aliphatic hydroxyl groups excluding tert-OH is 1. The topological polar surface area (TPSA) is 20.2 Å². The molecule has 17 heavy (non-hydrogen) atoms. The molecule has 0 saturated heterocycles. The van der Waals surface area contributed by atoms with Crippen LogP contribution < -0.4 is 0 Å². The Morgan fingerprint density at radius 3 is 2.18 bits per heavy atom. The van der Waals surface area contributed by atoms with Gasteiger partial charge in [0.05, 0.1) is 10.7 Å². The Bertz CT molecular complexity index is 177. The lowest BCUT2D eigenvalue weighted by molar-refractivity contribution is 0.195. The largest absolute Gasteiger partial charge is 0.391 e. The van der Waals surface area contributed by atoms with Crippen molar-refractivity contribution in [2.45, 2.75) is 63.6 Å². The average molecular weight is 277 g/mol. The average Bonchev–Trinajstić information content (AvgIpc) is 2.33. The van der Waals surface area contributed by atoms with Gasteiger partial charge in [-0.2, -0.15) is 0 Å². The first-order chi connectivity index (χ1) is 8.26. The van der Waals surface area contributed by atoms with E-state index in [-0.39, 0.29) is 6.10 Å². The van der Waals surface area contributed by atoms with Crippen LogP contribution in [0.2, 0.25) is 0 Å². The zero-order valence-corrected chi connectivity index (χ0v) is 13.2. The second kappa shape index (κ2) is 12.8. The summed E-state index contributed by atoms with van der Waals surface area (Å²) in [7, 11) is 0. The summed E-state index contributed by atoms with van der Waals surface area (Å²) in [5.74, 6) is 2.16. The van der Waals surface area contributed by atoms with Crippen molar-refractivity contribution in [2.24, 2.45) is 0 Å². The van der Waals surface area contributed by atoms with Crippen LogP contribution in [0.15, 0.2) is 12.2 Å². The normalized spacial score (nSPS) is 13.7. The van der Waals surface area contributed by atoms with Crippen molar-refractivity contribution in [1.82, 2.24) is 0 Å². The van der Waals surface area contributed by atoms with E-state index in [1.807, 2.05) is 23.5 Å². The van der Waals surface area contributed by atoms with Gasteiger partial charge in [0, 0.05) is 0 Å². The minimum Gasteiger partial charge on any atom is -0.391 e. The lowest BCUT2D eigenvalue weighted by Gasteiger charge is -2.19. The highest BCUT2D eigenvalue weighted by atomic mass is 32.2. The van der Waals surface area contributed by atoms with Crippen LogP contribution in [0.1, 0.15) is 52.9 Å². The van der Waals surface area contributed by atoms with Gasteiger partial charge in [0.2, 0.25) is 0 Å². The number of rotatable bonds is 11. The van der Waals surface area contributed by atoms with E-state index >= 15 is 0 Å². The third-order valence-corrected chi connectivity index (χ3v) is 5.26. The van der Waals surface area contributed by atoms with E-state index in [4.69, 9.17) is 0 Å². The smallest absolute Gasteiger partial charge is 0.0784 e. The summed E-state index contributed by atoms with van der Waals surface area (Å²) in [4.78, 5) is 0. The van der Waals surface area contributed by atoms with Crippen LogP contribution in [0, 0.1) is 0 Å². The fourth-order valence-electron chi connectivity index (χ4n) is 1.58. The molecule has 0 saturated carbocycles. The molecular formula is C14H28OS2. The quantitative estimate of drug-likeness (QED) is 0.335. The molecule has 0 bridgehead atoms. The van der Waals surface area contributed by atoms with E-state index in [2.05, 4.69) is 32.9 Å². The second-order valence-electron chi connectivity index (χ2n) is 4.05. The SMILES string of the molecule is CCCCC/C=C\C[C@@H](O)C(SCC)SCC. The molecular weight excluding hydrogens is 248 g/mol. The predicted molar refractivity (Wildman–Crippen MR) is 84.0 cm³/mol. The number of unbranched alkanes of at least 4 members (excludes halogenated alkanes) is 3. The minimum atomic E-state index is -0.202. The molecule has 0 unspecified atom stereocenters. The predicted octanol–water partition coefficient (Wildman–Crippen LogP) is 4.71. The molecule has 0 rings (SSSR count). The molecule has 0 aliphatic heterocycles. The molecule has 0 aromatic carbocycles. The van der Waals surface area contributed by atoms with Gasteiger partial charge >= 0.3 is 0 Å². The Labute approximate surface area is 116 Å². The lowest BCUT2D eigenvalue weighted by atomic mass is 10.2. The van der Waals surface area contributed by atoms with Gasteiger partial charge in [-0.1, -0.05) is 45.8 Å². The molecule has 0 radical (unpaired) electrons. The second-order valence-corrected chi connectivity index (χ2v) is 7.18. The van der Waals surface area contributed by atoms with E-state index in [0.717, 1.165) is 24.3 Å². The van der Waals surface area contributed by atoms with Gasteiger partial charge in [0.1, 0.15) is 0 Å². The van der Waals surface area contributed by atoms with E-state index in [1.54, 1.807) is 0 Å². The first-order valence-electron chi connectivity index (χ1n) is 6.82. The summed E-state index contributed by atoms with van der Waals surface area (Å²) in [6.45, 7) is 6.53. The molecule has 1 nitrogen and oxygen atoms in total. The van der Waals surface area contributed by atoms with Gasteiger partial charge in [0.25, 0.3) is 0 Å². The molecule has 0 spiro atoms. The zero-order chi connectivity index (χ0) is 12.9. The number of thioether (sulfide) groups is 2. The Morgan fingerprint density at radius 2 is 1.65 bits per heavy atom. The van der Waals surface area contributed by atoms with Crippen molar-refractivity contribution in [1.29, 1.82) is 0 Å². The maximum atomic E-state index is 10.1. The zero-order valence-electron chi connectivity index (χ0n) is 11.5. The number of hydrogen-bond acceptors (Lipinski definition) is 3. The summed E-state index contributed by atoms with van der Waals surface area (Å²) in [6.07, 6.45) is 10.0. The Balaban J connectivity index is 3.75. The van der Waals surface area contributed by atoms with Crippen molar-refractivity contribution >= 4 is 23.5 Å². The number of hydrogen-bond donors (Lipinski definition) is 1. The van der Waals surface area contributed by atoms with E-state index in [9.17, 15) is 5.11 Å². The minimum absolute atomic E-state index is 0.202. The van der Waals surface area contributed by atoms with Gasteiger partial charge in [0.15, 0.2) is 0 Å². The lowest BCUT2D eigenvalue weighted by Crippen LogP contribution is -2.19. The molecule has 0 heterocycles. The summed E-state index contributed by atoms with van der Waals surface area (Å²) in [6, 6.07) is 0. The Morgan fingerprint density at radius 1 is 1.00 bits per heavy atom. The standard InChI is InChI=1S/C14H28OS2/c1-4-7-8-9-10-11-12-13(15)14(16-5-2)17-6-3/h10-11,13-15H,4-9,12H2,1-3H3/b11-10-/t13-/m1/s1. The fourth-order valence-corrected chi connectivity index (χ4v) is 4.10. The summed E-state index contributed by atoms with van der Waals surface area (Å²) < 4.78 is 0.338. The van der Waals surface area contributed by atoms with Crippen LogP contribution in [-0.2, 0) is 0 Å². The van der Waals surface area contributed by atoms with Gasteiger partial charge in [-0.15, -0.1) is 23.5 Å². The van der Waals surface area contributed by atoms with Crippen molar-refractivity contribution in [2.75, 3.05) is 11.5 Å². The summed E-state index contributed by atoms with van der Waals surface area (Å²) in [5, 5.41) is 10.1. The molecule has 1 N–H and O–H groups in total. The fraction of sp³-hybridized carbons (Fsp3) is 0.857. The molecule has 102 valence electrons. The van der Waals surface area contributed by atoms with Crippen molar-refractivity contribution in [3.05, 3.63) is 12.2 Å². The third-order valence-electron chi connectivity index (χ3n) is 2.49. The Kier molecular flexibility index (Phi) is 13.1. The number of allylic oxidation sites excluding steroid dienone is 1. The van der Waals surface area contributed by atoms with Crippen LogP contribution in [0.3, 0.4) is 0 Å². The first kappa shape index (κ1) is 17.4. The number of aliphatic hydroxyl groups is 1. The van der Waals surface area contributed by atoms with Crippen molar-refractivity contribution < 1.29 is 5.11 Å². The van der Waals surface area contributed by atoms with Crippen LogP contribution in [-0.4, -0.2) is 27.3 Å². The first-order valence-corrected chi connectivity index (χ1v) is 8.92. The van der Waals surface area contributed by atoms with Crippen LogP contribution in [0.5, 0.6) is 0 Å². The molecule has 3 heteroatoms. The van der Waals surface area contributed by atoms with E-state index in [1.165, 1.54) is 19.3 Å². The van der Waals surface area contributed by atoms with Gasteiger partial charge in [-0.3, -0.25) is 0 Å². The third kappa shape index (κ3) is 10.0. The highest BCUT2D eigenvalue weighted by molar-refractivity contribution is 8.17. The monoisotopic (exact) mass is 276 g/mol. The van der Waals surface area contributed by atoms with Crippen molar-refractivity contribution in [3.8, 4) is 0 Å². The van der Waals surface area contributed by atoms with E-state index < -0.39 is 0 Å². The molecule has 0 amide bonds. The molecule has 1 atom stereocenters. The Hall–Kier alpha value is 0.400. The van der Waals surface area contributed by atoms with Crippen LogP contribution in [0.25, 0.3) is 0 Å². The molecule has 0 aromatic rings. The molecule has 0 aliphatic carbocycles. The maximum absolute atomic E-state index is 10.1.